The highest BCUT2D eigenvalue weighted by Gasteiger charge is 2.37. The van der Waals surface area contributed by atoms with Crippen molar-refractivity contribution in [2.45, 2.75) is 25.3 Å². The van der Waals surface area contributed by atoms with Crippen molar-refractivity contribution in [3.05, 3.63) is 0 Å². The van der Waals surface area contributed by atoms with Crippen LogP contribution in [0.1, 0.15) is 19.3 Å². The first-order chi connectivity index (χ1) is 8.77. The lowest BCUT2D eigenvalue weighted by molar-refractivity contribution is -0.141. The number of hydrogen-bond acceptors (Lipinski definition) is 5. The second kappa shape index (κ2) is 6.33. The number of carbonyl (C=O) groups excluding carboxylic acids is 2. The number of sulfonamides is 1. The van der Waals surface area contributed by atoms with E-state index in [0.717, 1.165) is 6.26 Å². The Morgan fingerprint density at radius 1 is 1.42 bits per heavy atom. The van der Waals surface area contributed by atoms with Gasteiger partial charge < -0.3 is 9.64 Å². The van der Waals surface area contributed by atoms with Crippen LogP contribution in [0.25, 0.3) is 0 Å². The predicted octanol–water partition coefficient (Wildman–Crippen LogP) is -0.568. The van der Waals surface area contributed by atoms with Gasteiger partial charge in [-0.25, -0.2) is 8.42 Å². The molecule has 1 rings (SSSR count). The molecule has 1 aliphatic heterocycles. The minimum atomic E-state index is -3.37. The molecule has 0 aromatic carbocycles. The van der Waals surface area contributed by atoms with E-state index >= 15 is 0 Å². The average molecular weight is 292 g/mol. The van der Waals surface area contributed by atoms with Gasteiger partial charge in [0.05, 0.1) is 19.8 Å². The third-order valence-electron chi connectivity index (χ3n) is 3.17. The van der Waals surface area contributed by atoms with Crippen molar-refractivity contribution in [2.75, 3.05) is 33.5 Å². The summed E-state index contributed by atoms with van der Waals surface area (Å²) in [6.07, 6.45) is 2.40. The Labute approximate surface area is 113 Å². The molecule has 0 bridgehead atoms. The first-order valence-electron chi connectivity index (χ1n) is 6.06. The van der Waals surface area contributed by atoms with Crippen LogP contribution in [0.3, 0.4) is 0 Å². The lowest BCUT2D eigenvalue weighted by Crippen LogP contribution is -2.46. The van der Waals surface area contributed by atoms with Gasteiger partial charge in [0, 0.05) is 20.1 Å². The van der Waals surface area contributed by atoms with Crippen molar-refractivity contribution in [3.8, 4) is 0 Å². The molecule has 8 heteroatoms. The number of rotatable bonds is 5. The van der Waals surface area contributed by atoms with Crippen LogP contribution in [0.5, 0.6) is 0 Å². The third kappa shape index (κ3) is 4.17. The maximum atomic E-state index is 12.2. The Kier molecular flexibility index (Phi) is 5.30. The van der Waals surface area contributed by atoms with Crippen LogP contribution >= 0.6 is 0 Å². The second-order valence-corrected chi connectivity index (χ2v) is 6.55. The molecule has 0 aromatic heterocycles. The Balaban J connectivity index is 2.64. The number of carbonyl (C=O) groups is 2. The number of methoxy groups -OCH3 is 1. The fourth-order valence-electron chi connectivity index (χ4n) is 2.11. The smallest absolute Gasteiger partial charge is 0.307 e. The van der Waals surface area contributed by atoms with Crippen molar-refractivity contribution in [3.63, 3.8) is 0 Å². The number of ether oxygens (including phenoxy) is 1. The van der Waals surface area contributed by atoms with E-state index in [2.05, 4.69) is 4.74 Å². The molecular formula is C11H20N2O5S. The van der Waals surface area contributed by atoms with Crippen LogP contribution in [-0.4, -0.2) is 69.0 Å². The molecule has 1 heterocycles. The van der Waals surface area contributed by atoms with E-state index in [4.69, 9.17) is 0 Å². The summed E-state index contributed by atoms with van der Waals surface area (Å²) in [5.74, 6) is -0.669. The second-order valence-electron chi connectivity index (χ2n) is 4.62. The lowest BCUT2D eigenvalue weighted by atomic mass is 10.2. The molecule has 1 unspecified atom stereocenters. The van der Waals surface area contributed by atoms with Gasteiger partial charge in [-0.2, -0.15) is 4.31 Å². The highest BCUT2D eigenvalue weighted by Crippen LogP contribution is 2.21. The SMILES string of the molecule is COC(=O)CCN(C)C(=O)C1CCCN1S(C)(=O)=O. The molecular weight excluding hydrogens is 272 g/mol. The van der Waals surface area contributed by atoms with E-state index in [1.165, 1.54) is 16.3 Å². The number of amides is 1. The zero-order valence-corrected chi connectivity index (χ0v) is 12.3. The molecule has 0 saturated carbocycles. The first-order valence-corrected chi connectivity index (χ1v) is 7.91. The minimum absolute atomic E-state index is 0.102. The number of nitrogens with zero attached hydrogens (tertiary/aromatic N) is 2. The maximum absolute atomic E-state index is 12.2. The third-order valence-corrected chi connectivity index (χ3v) is 4.46. The Morgan fingerprint density at radius 3 is 2.58 bits per heavy atom. The monoisotopic (exact) mass is 292 g/mol. The molecule has 0 radical (unpaired) electrons. The summed E-state index contributed by atoms with van der Waals surface area (Å²) >= 11 is 0. The lowest BCUT2D eigenvalue weighted by Gasteiger charge is -2.26. The molecule has 1 fully saturated rings. The molecule has 1 saturated heterocycles. The average Bonchev–Trinajstić information content (AvgIpc) is 2.83. The fraction of sp³-hybridized carbons (Fsp3) is 0.818. The van der Waals surface area contributed by atoms with Crippen LogP contribution in [0, 0.1) is 0 Å². The van der Waals surface area contributed by atoms with E-state index in [1.807, 2.05) is 0 Å². The van der Waals surface area contributed by atoms with Crippen molar-refractivity contribution < 1.29 is 22.7 Å². The van der Waals surface area contributed by atoms with Crippen molar-refractivity contribution in [2.24, 2.45) is 0 Å². The minimum Gasteiger partial charge on any atom is -0.469 e. The fourth-order valence-corrected chi connectivity index (χ4v) is 3.23. The molecule has 0 aromatic rings. The Hall–Kier alpha value is -1.15. The summed E-state index contributed by atoms with van der Waals surface area (Å²) in [6.45, 7) is 0.597. The summed E-state index contributed by atoms with van der Waals surface area (Å²) in [7, 11) is -0.528. The van der Waals surface area contributed by atoms with Crippen LogP contribution in [0.4, 0.5) is 0 Å². The Bertz CT molecular complexity index is 448. The van der Waals surface area contributed by atoms with Crippen LogP contribution < -0.4 is 0 Å². The molecule has 19 heavy (non-hydrogen) atoms. The van der Waals surface area contributed by atoms with Crippen molar-refractivity contribution in [1.82, 2.24) is 9.21 Å². The van der Waals surface area contributed by atoms with Crippen LogP contribution in [0.2, 0.25) is 0 Å². The maximum Gasteiger partial charge on any atom is 0.307 e. The zero-order chi connectivity index (χ0) is 14.6. The summed E-state index contributed by atoms with van der Waals surface area (Å²) in [5.41, 5.74) is 0. The van der Waals surface area contributed by atoms with Gasteiger partial charge in [-0.1, -0.05) is 0 Å². The van der Waals surface area contributed by atoms with Gasteiger partial charge in [-0.3, -0.25) is 9.59 Å². The van der Waals surface area contributed by atoms with E-state index in [-0.39, 0.29) is 18.9 Å². The van der Waals surface area contributed by atoms with Gasteiger partial charge in [0.25, 0.3) is 0 Å². The first kappa shape index (κ1) is 15.9. The van der Waals surface area contributed by atoms with E-state index < -0.39 is 22.0 Å². The molecule has 0 N–H and O–H groups in total. The number of likely N-dealkylation sites (N-methyl/N-ethyl adjacent to an activating group) is 1. The molecule has 1 aliphatic rings. The quantitative estimate of drug-likeness (QED) is 0.634. The van der Waals surface area contributed by atoms with Gasteiger partial charge >= 0.3 is 5.97 Å². The van der Waals surface area contributed by atoms with Crippen molar-refractivity contribution >= 4 is 21.9 Å². The van der Waals surface area contributed by atoms with Gasteiger partial charge in [-0.15, -0.1) is 0 Å². The molecule has 110 valence electrons. The van der Waals surface area contributed by atoms with Gasteiger partial charge in [0.2, 0.25) is 15.9 Å². The molecule has 0 spiro atoms. The topological polar surface area (TPSA) is 84.0 Å². The highest BCUT2D eigenvalue weighted by atomic mass is 32.2. The molecule has 1 amide bonds. The summed E-state index contributed by atoms with van der Waals surface area (Å²) in [6, 6.07) is -0.641. The van der Waals surface area contributed by atoms with E-state index in [1.54, 1.807) is 7.05 Å². The van der Waals surface area contributed by atoms with Gasteiger partial charge in [-0.05, 0) is 12.8 Å². The standard InChI is InChI=1S/C11H20N2O5S/c1-12(8-6-10(14)18-2)11(15)9-5-4-7-13(9)19(3,16)17/h9H,4-8H2,1-3H3. The highest BCUT2D eigenvalue weighted by molar-refractivity contribution is 7.88. The largest absolute Gasteiger partial charge is 0.469 e. The van der Waals surface area contributed by atoms with Crippen molar-refractivity contribution in [1.29, 1.82) is 0 Å². The van der Waals surface area contributed by atoms with Crippen LogP contribution in [0.15, 0.2) is 0 Å². The normalized spacial score (nSPS) is 20.3. The van der Waals surface area contributed by atoms with Gasteiger partial charge in [0.15, 0.2) is 0 Å². The zero-order valence-electron chi connectivity index (χ0n) is 11.5. The summed E-state index contributed by atoms with van der Waals surface area (Å²) in [4.78, 5) is 24.6. The van der Waals surface area contributed by atoms with Crippen LogP contribution in [-0.2, 0) is 24.3 Å². The summed E-state index contributed by atoms with van der Waals surface area (Å²) < 4.78 is 28.9. The molecule has 7 nitrogen and oxygen atoms in total. The molecule has 1 atom stereocenters. The summed E-state index contributed by atoms with van der Waals surface area (Å²) in [5, 5.41) is 0. The van der Waals surface area contributed by atoms with E-state index in [9.17, 15) is 18.0 Å². The number of esters is 1. The predicted molar refractivity (Wildman–Crippen MR) is 68.8 cm³/mol. The Morgan fingerprint density at radius 2 is 2.05 bits per heavy atom. The molecule has 0 aliphatic carbocycles. The van der Waals surface area contributed by atoms with E-state index in [0.29, 0.717) is 19.4 Å². The number of hydrogen-bond donors (Lipinski definition) is 0. The van der Waals surface area contributed by atoms with Gasteiger partial charge in [0.1, 0.15) is 6.04 Å².